The molecule has 3 rings (SSSR count). The number of hydrogen-bond acceptors (Lipinski definition) is 4. The summed E-state index contributed by atoms with van der Waals surface area (Å²) in [6, 6.07) is 13.6. The molecule has 0 aliphatic rings. The summed E-state index contributed by atoms with van der Waals surface area (Å²) in [5, 5.41) is 7.24. The Morgan fingerprint density at radius 3 is 2.59 bits per heavy atom. The molecule has 1 aromatic heterocycles. The molecule has 29 heavy (non-hydrogen) atoms. The first-order valence-electron chi connectivity index (χ1n) is 9.38. The van der Waals surface area contributed by atoms with E-state index in [0.29, 0.717) is 48.0 Å². The van der Waals surface area contributed by atoms with E-state index >= 15 is 0 Å². The molecule has 0 radical (unpaired) electrons. The molecule has 3 aromatic rings. The highest BCUT2D eigenvalue weighted by atomic mass is 19.1. The van der Waals surface area contributed by atoms with Gasteiger partial charge in [-0.2, -0.15) is 5.10 Å². The molecule has 152 valence electrons. The fourth-order valence-corrected chi connectivity index (χ4v) is 3.10. The number of nitrogens with one attached hydrogen (secondary N) is 1. The van der Waals surface area contributed by atoms with Crippen LogP contribution >= 0.6 is 0 Å². The molecule has 7 heteroatoms. The number of aryl methyl sites for hydroxylation is 1. The highest BCUT2D eigenvalue weighted by Gasteiger charge is 2.15. The van der Waals surface area contributed by atoms with Crippen LogP contribution in [0.1, 0.15) is 23.0 Å². The molecule has 0 bridgehead atoms. The van der Waals surface area contributed by atoms with Gasteiger partial charge in [0.15, 0.2) is 17.2 Å². The summed E-state index contributed by atoms with van der Waals surface area (Å²) in [5.41, 5.74) is 2.71. The van der Waals surface area contributed by atoms with Crippen molar-refractivity contribution in [3.63, 3.8) is 0 Å². The Kier molecular flexibility index (Phi) is 6.49. The molecule has 0 spiro atoms. The third-order valence-corrected chi connectivity index (χ3v) is 4.58. The Hall–Kier alpha value is -3.35. The summed E-state index contributed by atoms with van der Waals surface area (Å²) in [7, 11) is 3.18. The number of benzene rings is 2. The van der Waals surface area contributed by atoms with Gasteiger partial charge in [-0.15, -0.1) is 0 Å². The van der Waals surface area contributed by atoms with Crippen molar-refractivity contribution in [2.45, 2.75) is 19.9 Å². The summed E-state index contributed by atoms with van der Waals surface area (Å²) >= 11 is 0. The summed E-state index contributed by atoms with van der Waals surface area (Å²) in [6.45, 7) is 2.95. The van der Waals surface area contributed by atoms with Crippen molar-refractivity contribution in [3.05, 3.63) is 65.6 Å². The van der Waals surface area contributed by atoms with Crippen molar-refractivity contribution in [1.82, 2.24) is 15.1 Å². The molecule has 0 unspecified atom stereocenters. The van der Waals surface area contributed by atoms with E-state index < -0.39 is 0 Å². The molecular weight excluding hydrogens is 373 g/mol. The Morgan fingerprint density at radius 1 is 1.10 bits per heavy atom. The topological polar surface area (TPSA) is 65.4 Å². The van der Waals surface area contributed by atoms with E-state index in [0.717, 1.165) is 5.56 Å². The molecule has 1 N–H and O–H groups in total. The molecule has 0 saturated carbocycles. The van der Waals surface area contributed by atoms with Gasteiger partial charge in [0.25, 0.3) is 5.91 Å². The maximum absolute atomic E-state index is 13.6. The summed E-state index contributed by atoms with van der Waals surface area (Å²) in [4.78, 5) is 12.5. The number of aromatic nitrogens is 2. The predicted octanol–water partition coefficient (Wildman–Crippen LogP) is 3.70. The lowest BCUT2D eigenvalue weighted by atomic mass is 10.1. The number of hydrogen-bond donors (Lipinski definition) is 1. The summed E-state index contributed by atoms with van der Waals surface area (Å²) in [5.74, 6) is 0.718. The second-order valence-electron chi connectivity index (χ2n) is 6.44. The minimum absolute atomic E-state index is 0.268. The van der Waals surface area contributed by atoms with Gasteiger partial charge in [0, 0.05) is 18.7 Å². The van der Waals surface area contributed by atoms with E-state index in [9.17, 15) is 9.18 Å². The smallest absolute Gasteiger partial charge is 0.271 e. The third-order valence-electron chi connectivity index (χ3n) is 4.58. The molecule has 0 aliphatic carbocycles. The van der Waals surface area contributed by atoms with E-state index in [1.807, 2.05) is 25.1 Å². The quantitative estimate of drug-likeness (QED) is 0.630. The zero-order chi connectivity index (χ0) is 20.8. The Morgan fingerprint density at radius 2 is 1.90 bits per heavy atom. The van der Waals surface area contributed by atoms with Crippen molar-refractivity contribution in [3.8, 4) is 22.8 Å². The first kappa shape index (κ1) is 20.4. The van der Waals surface area contributed by atoms with Gasteiger partial charge in [-0.25, -0.2) is 4.39 Å². The number of amides is 1. The number of methoxy groups -OCH3 is 2. The maximum atomic E-state index is 13.6. The Bertz CT molecular complexity index is 1000. The van der Waals surface area contributed by atoms with Crippen molar-refractivity contribution < 1.29 is 18.7 Å². The van der Waals surface area contributed by atoms with Gasteiger partial charge in [-0.3, -0.25) is 9.48 Å². The predicted molar refractivity (Wildman–Crippen MR) is 109 cm³/mol. The van der Waals surface area contributed by atoms with Crippen LogP contribution in [0.5, 0.6) is 11.5 Å². The number of ether oxygens (including phenoxy) is 2. The van der Waals surface area contributed by atoms with Crippen LogP contribution in [-0.4, -0.2) is 36.5 Å². The number of nitrogens with zero attached hydrogens (tertiary/aromatic N) is 2. The van der Waals surface area contributed by atoms with Crippen LogP contribution in [-0.2, 0) is 13.0 Å². The minimum Gasteiger partial charge on any atom is -0.493 e. The maximum Gasteiger partial charge on any atom is 0.271 e. The van der Waals surface area contributed by atoms with Crippen LogP contribution < -0.4 is 14.8 Å². The fraction of sp³-hybridized carbons (Fsp3) is 0.273. The number of carbonyl (C=O) groups excluding carboxylic acids is 1. The van der Waals surface area contributed by atoms with Gasteiger partial charge in [0.2, 0.25) is 0 Å². The van der Waals surface area contributed by atoms with Crippen LogP contribution in [0.25, 0.3) is 11.3 Å². The summed E-state index contributed by atoms with van der Waals surface area (Å²) < 4.78 is 25.8. The van der Waals surface area contributed by atoms with E-state index in [1.54, 1.807) is 37.1 Å². The highest BCUT2D eigenvalue weighted by Crippen LogP contribution is 2.27. The largest absolute Gasteiger partial charge is 0.493 e. The number of carbonyl (C=O) groups is 1. The van der Waals surface area contributed by atoms with Gasteiger partial charge in [-0.1, -0.05) is 18.2 Å². The lowest BCUT2D eigenvalue weighted by molar-refractivity contribution is 0.0948. The second kappa shape index (κ2) is 9.23. The van der Waals surface area contributed by atoms with Gasteiger partial charge in [0.05, 0.1) is 19.9 Å². The molecule has 0 saturated heterocycles. The Balaban J connectivity index is 1.67. The monoisotopic (exact) mass is 397 g/mol. The van der Waals surface area contributed by atoms with Gasteiger partial charge in [0.1, 0.15) is 5.82 Å². The second-order valence-corrected chi connectivity index (χ2v) is 6.44. The van der Waals surface area contributed by atoms with Gasteiger partial charge in [-0.05, 0) is 49.2 Å². The van der Waals surface area contributed by atoms with E-state index in [4.69, 9.17) is 9.47 Å². The first-order valence-corrected chi connectivity index (χ1v) is 9.38. The fourth-order valence-electron chi connectivity index (χ4n) is 3.10. The lowest BCUT2D eigenvalue weighted by Crippen LogP contribution is -2.26. The number of halogens is 1. The normalized spacial score (nSPS) is 10.6. The minimum atomic E-state index is -0.327. The zero-order valence-corrected chi connectivity index (χ0v) is 16.7. The van der Waals surface area contributed by atoms with Crippen molar-refractivity contribution in [1.29, 1.82) is 0 Å². The van der Waals surface area contributed by atoms with E-state index in [1.165, 1.54) is 12.1 Å². The summed E-state index contributed by atoms with van der Waals surface area (Å²) in [6.07, 6.45) is 0.636. The van der Waals surface area contributed by atoms with Crippen LogP contribution in [0.3, 0.4) is 0 Å². The van der Waals surface area contributed by atoms with Crippen LogP contribution in [0, 0.1) is 5.82 Å². The molecule has 0 atom stereocenters. The van der Waals surface area contributed by atoms with E-state index in [-0.39, 0.29) is 11.7 Å². The standard InChI is InChI=1S/C22H24FN3O3/c1-4-26-19(16-6-5-7-17(23)13-16)14-18(25-26)22(27)24-11-10-15-8-9-20(28-2)21(12-15)29-3/h5-9,12-14H,4,10-11H2,1-3H3,(H,24,27). The van der Waals surface area contributed by atoms with Crippen LogP contribution in [0.2, 0.25) is 0 Å². The van der Waals surface area contributed by atoms with Crippen LogP contribution in [0.4, 0.5) is 4.39 Å². The van der Waals surface area contributed by atoms with Crippen LogP contribution in [0.15, 0.2) is 48.5 Å². The average Bonchev–Trinajstić information content (AvgIpc) is 3.18. The molecular formula is C22H24FN3O3. The van der Waals surface area contributed by atoms with Gasteiger partial charge < -0.3 is 14.8 Å². The molecule has 1 amide bonds. The zero-order valence-electron chi connectivity index (χ0n) is 16.7. The lowest BCUT2D eigenvalue weighted by Gasteiger charge is -2.09. The highest BCUT2D eigenvalue weighted by molar-refractivity contribution is 5.93. The van der Waals surface area contributed by atoms with Crippen molar-refractivity contribution in [2.75, 3.05) is 20.8 Å². The van der Waals surface area contributed by atoms with Crippen molar-refractivity contribution >= 4 is 5.91 Å². The number of rotatable bonds is 8. The first-order chi connectivity index (χ1) is 14.0. The average molecular weight is 397 g/mol. The van der Waals surface area contributed by atoms with Gasteiger partial charge >= 0.3 is 0 Å². The third kappa shape index (κ3) is 4.74. The van der Waals surface area contributed by atoms with Crippen molar-refractivity contribution in [2.24, 2.45) is 0 Å². The van der Waals surface area contributed by atoms with E-state index in [2.05, 4.69) is 10.4 Å². The molecule has 2 aromatic carbocycles. The molecule has 6 nitrogen and oxygen atoms in total. The SMILES string of the molecule is CCn1nc(C(=O)NCCc2ccc(OC)c(OC)c2)cc1-c1cccc(F)c1. The Labute approximate surface area is 169 Å². The molecule has 0 fully saturated rings. The molecule has 0 aliphatic heterocycles. The molecule has 1 heterocycles.